The van der Waals surface area contributed by atoms with Crippen LogP contribution in [-0.2, 0) is 7.05 Å². The summed E-state index contributed by atoms with van der Waals surface area (Å²) in [4.78, 5) is 15.1. The lowest BCUT2D eigenvalue weighted by Gasteiger charge is -1.96. The highest BCUT2D eigenvalue weighted by Gasteiger charge is 2.17. The molecule has 0 aliphatic carbocycles. The van der Waals surface area contributed by atoms with Crippen LogP contribution in [0.1, 0.15) is 10.5 Å². The number of hydrogen-bond donors (Lipinski definition) is 1. The van der Waals surface area contributed by atoms with Gasteiger partial charge in [0, 0.05) is 7.05 Å². The van der Waals surface area contributed by atoms with Gasteiger partial charge in [0.15, 0.2) is 5.69 Å². The van der Waals surface area contributed by atoms with Crippen molar-refractivity contribution in [3.8, 4) is 10.6 Å². The van der Waals surface area contributed by atoms with E-state index in [1.54, 1.807) is 7.05 Å². The molecule has 2 aromatic heterocycles. The quantitative estimate of drug-likeness (QED) is 0.786. The Labute approximate surface area is 82.8 Å². The molecule has 2 rings (SSSR count). The van der Waals surface area contributed by atoms with Crippen LogP contribution in [0, 0.1) is 0 Å². The van der Waals surface area contributed by atoms with Gasteiger partial charge in [-0.15, -0.1) is 16.4 Å². The van der Waals surface area contributed by atoms with Crippen LogP contribution in [0.2, 0.25) is 0 Å². The number of aromatic nitrogens is 4. The van der Waals surface area contributed by atoms with Crippen LogP contribution >= 0.6 is 11.3 Å². The van der Waals surface area contributed by atoms with Crippen molar-refractivity contribution in [2.75, 3.05) is 0 Å². The molecule has 0 bridgehead atoms. The zero-order chi connectivity index (χ0) is 10.1. The Kier molecular flexibility index (Phi) is 2.01. The highest BCUT2D eigenvalue weighted by atomic mass is 32.1. The molecule has 1 N–H and O–H groups in total. The molecule has 2 heterocycles. The monoisotopic (exact) mass is 210 g/mol. The van der Waals surface area contributed by atoms with E-state index in [1.165, 1.54) is 27.7 Å². The fraction of sp³-hybridized carbons (Fsp3) is 0.143. The molecule has 0 fully saturated rings. The summed E-state index contributed by atoms with van der Waals surface area (Å²) in [5, 5.41) is 16.2. The number of thiazole rings is 1. The average molecular weight is 210 g/mol. The molecule has 0 aliphatic rings. The van der Waals surface area contributed by atoms with Crippen molar-refractivity contribution in [1.29, 1.82) is 0 Å². The van der Waals surface area contributed by atoms with Crippen LogP contribution in [0.4, 0.5) is 0 Å². The van der Waals surface area contributed by atoms with Crippen LogP contribution in [0.25, 0.3) is 10.6 Å². The highest BCUT2D eigenvalue weighted by Crippen LogP contribution is 2.25. The normalized spacial score (nSPS) is 10.4. The standard InChI is InChI=1S/C7H6N4O2S/c1-11-4(2-9-10-11)6-5(7(12)13)8-3-14-6/h2-3H,1H3,(H,12,13). The molecule has 0 amide bonds. The SMILES string of the molecule is Cn1nncc1-c1scnc1C(=O)O. The Balaban J connectivity index is 2.57. The van der Waals surface area contributed by atoms with Crippen LogP contribution in [-0.4, -0.2) is 31.1 Å². The Morgan fingerprint density at radius 3 is 3.00 bits per heavy atom. The first kappa shape index (κ1) is 8.82. The Hall–Kier alpha value is -1.76. The lowest BCUT2D eigenvalue weighted by atomic mass is 10.3. The fourth-order valence-electron chi connectivity index (χ4n) is 1.08. The zero-order valence-corrected chi connectivity index (χ0v) is 8.02. The van der Waals surface area contributed by atoms with Crippen molar-refractivity contribution in [3.63, 3.8) is 0 Å². The molecule has 0 radical (unpaired) electrons. The van der Waals surface area contributed by atoms with Crippen molar-refractivity contribution in [2.24, 2.45) is 7.05 Å². The second-order valence-corrected chi connectivity index (χ2v) is 3.43. The van der Waals surface area contributed by atoms with Crippen molar-refractivity contribution in [3.05, 3.63) is 17.4 Å². The minimum absolute atomic E-state index is 0.0420. The maximum atomic E-state index is 10.8. The van der Waals surface area contributed by atoms with Gasteiger partial charge >= 0.3 is 5.97 Å². The summed E-state index contributed by atoms with van der Waals surface area (Å²) in [6.45, 7) is 0. The third-order valence-electron chi connectivity index (χ3n) is 1.72. The summed E-state index contributed by atoms with van der Waals surface area (Å²) in [5.74, 6) is -1.04. The van der Waals surface area contributed by atoms with E-state index in [-0.39, 0.29) is 5.69 Å². The molecule has 72 valence electrons. The number of hydrogen-bond acceptors (Lipinski definition) is 5. The van der Waals surface area contributed by atoms with Gasteiger partial charge in [0.1, 0.15) is 5.69 Å². The van der Waals surface area contributed by atoms with E-state index in [0.717, 1.165) is 0 Å². The molecule has 14 heavy (non-hydrogen) atoms. The molecule has 0 aromatic carbocycles. The lowest BCUT2D eigenvalue weighted by Crippen LogP contribution is -2.00. The predicted octanol–water partition coefficient (Wildman–Crippen LogP) is 0.637. The molecule has 0 saturated heterocycles. The Bertz CT molecular complexity index is 475. The van der Waals surface area contributed by atoms with Crippen molar-refractivity contribution < 1.29 is 9.90 Å². The summed E-state index contributed by atoms with van der Waals surface area (Å²) in [6, 6.07) is 0. The second kappa shape index (κ2) is 3.18. The van der Waals surface area contributed by atoms with Gasteiger partial charge in [-0.05, 0) is 0 Å². The third kappa shape index (κ3) is 1.27. The maximum Gasteiger partial charge on any atom is 0.356 e. The van der Waals surface area contributed by atoms with Crippen molar-refractivity contribution >= 4 is 17.3 Å². The number of aromatic carboxylic acids is 1. The van der Waals surface area contributed by atoms with Gasteiger partial charge in [-0.1, -0.05) is 5.21 Å². The summed E-state index contributed by atoms with van der Waals surface area (Å²) in [6.07, 6.45) is 1.51. The topological polar surface area (TPSA) is 80.9 Å². The fourth-order valence-corrected chi connectivity index (χ4v) is 1.90. The minimum Gasteiger partial charge on any atom is -0.476 e. The molecule has 0 spiro atoms. The number of carbonyl (C=O) groups is 1. The van der Waals surface area contributed by atoms with Gasteiger partial charge in [0.2, 0.25) is 0 Å². The lowest BCUT2D eigenvalue weighted by molar-refractivity contribution is 0.0692. The van der Waals surface area contributed by atoms with Gasteiger partial charge < -0.3 is 5.11 Å². The summed E-state index contributed by atoms with van der Waals surface area (Å²) < 4.78 is 1.51. The molecule has 0 aliphatic heterocycles. The Morgan fingerprint density at radius 1 is 1.64 bits per heavy atom. The second-order valence-electron chi connectivity index (χ2n) is 2.58. The number of aryl methyl sites for hydroxylation is 1. The molecule has 6 nitrogen and oxygen atoms in total. The van der Waals surface area contributed by atoms with Crippen LogP contribution in [0.3, 0.4) is 0 Å². The molecular formula is C7H6N4O2S. The van der Waals surface area contributed by atoms with Crippen LogP contribution in [0.15, 0.2) is 11.7 Å². The first-order chi connectivity index (χ1) is 6.70. The summed E-state index contributed by atoms with van der Waals surface area (Å²) in [7, 11) is 1.70. The molecule has 0 unspecified atom stereocenters. The Morgan fingerprint density at radius 2 is 2.43 bits per heavy atom. The molecular weight excluding hydrogens is 204 g/mol. The average Bonchev–Trinajstić information content (AvgIpc) is 2.70. The largest absolute Gasteiger partial charge is 0.476 e. The highest BCUT2D eigenvalue weighted by molar-refractivity contribution is 7.13. The van der Waals surface area contributed by atoms with Crippen LogP contribution in [0.5, 0.6) is 0 Å². The summed E-state index contributed by atoms with van der Waals surface area (Å²) >= 11 is 1.26. The third-order valence-corrected chi connectivity index (χ3v) is 2.57. The van der Waals surface area contributed by atoms with E-state index < -0.39 is 5.97 Å². The van der Waals surface area contributed by atoms with Gasteiger partial charge in [0.25, 0.3) is 0 Å². The van der Waals surface area contributed by atoms with E-state index in [0.29, 0.717) is 10.6 Å². The minimum atomic E-state index is -1.04. The van der Waals surface area contributed by atoms with Crippen molar-refractivity contribution in [2.45, 2.75) is 0 Å². The first-order valence-electron chi connectivity index (χ1n) is 3.72. The van der Waals surface area contributed by atoms with Gasteiger partial charge in [-0.3, -0.25) is 0 Å². The van der Waals surface area contributed by atoms with Gasteiger partial charge in [0.05, 0.1) is 16.6 Å². The van der Waals surface area contributed by atoms with Gasteiger partial charge in [-0.2, -0.15) is 0 Å². The predicted molar refractivity (Wildman–Crippen MR) is 49.1 cm³/mol. The van der Waals surface area contributed by atoms with Crippen molar-refractivity contribution in [1.82, 2.24) is 20.0 Å². The smallest absolute Gasteiger partial charge is 0.356 e. The molecule has 0 saturated carbocycles. The number of carboxylic acids is 1. The van der Waals surface area contributed by atoms with E-state index in [4.69, 9.17) is 5.11 Å². The van der Waals surface area contributed by atoms with E-state index in [9.17, 15) is 4.79 Å². The molecule has 7 heteroatoms. The number of carboxylic acid groups (broad SMARTS) is 1. The molecule has 0 atom stereocenters. The molecule has 2 aromatic rings. The van der Waals surface area contributed by atoms with E-state index in [1.807, 2.05) is 0 Å². The van der Waals surface area contributed by atoms with Crippen LogP contribution < -0.4 is 0 Å². The van der Waals surface area contributed by atoms with E-state index in [2.05, 4.69) is 15.3 Å². The first-order valence-corrected chi connectivity index (χ1v) is 4.60. The summed E-state index contributed by atoms with van der Waals surface area (Å²) in [5.41, 5.74) is 2.19. The van der Waals surface area contributed by atoms with Gasteiger partial charge in [-0.25, -0.2) is 14.5 Å². The number of rotatable bonds is 2. The zero-order valence-electron chi connectivity index (χ0n) is 7.21. The number of nitrogens with zero attached hydrogens (tertiary/aromatic N) is 4. The maximum absolute atomic E-state index is 10.8. The van der Waals surface area contributed by atoms with E-state index >= 15 is 0 Å².